The Balaban J connectivity index is 2.25. The highest BCUT2D eigenvalue weighted by atomic mass is 35.5. The normalized spacial score (nSPS) is 10.8. The maximum absolute atomic E-state index is 11.4. The van der Waals surface area contributed by atoms with Crippen molar-refractivity contribution in [3.8, 4) is 0 Å². The Morgan fingerprint density at radius 3 is 2.75 bits per heavy atom. The lowest BCUT2D eigenvalue weighted by molar-refractivity contribution is 0.0600. The number of aromatic nitrogens is 2. The summed E-state index contributed by atoms with van der Waals surface area (Å²) in [5.74, 6) is 0.161. The fourth-order valence-corrected chi connectivity index (χ4v) is 1.93. The Kier molecular flexibility index (Phi) is 4.48. The van der Waals surface area contributed by atoms with Gasteiger partial charge in [0.1, 0.15) is 5.15 Å². The lowest BCUT2D eigenvalue weighted by Gasteiger charge is -2.00. The molecule has 0 atom stereocenters. The van der Waals surface area contributed by atoms with Crippen LogP contribution in [0.1, 0.15) is 27.4 Å². The molecule has 20 heavy (non-hydrogen) atoms. The van der Waals surface area contributed by atoms with E-state index in [0.717, 1.165) is 11.3 Å². The van der Waals surface area contributed by atoms with E-state index in [1.54, 1.807) is 30.3 Å². The molecule has 0 aliphatic rings. The molecule has 0 saturated carbocycles. The fourth-order valence-electron chi connectivity index (χ4n) is 1.68. The van der Waals surface area contributed by atoms with Crippen LogP contribution in [0.3, 0.4) is 0 Å². The van der Waals surface area contributed by atoms with E-state index in [-0.39, 0.29) is 5.97 Å². The number of nitrogens with zero attached hydrogens (tertiary/aromatic N) is 2. The number of hydrogen-bond acceptors (Lipinski definition) is 4. The van der Waals surface area contributed by atoms with Gasteiger partial charge in [0.05, 0.1) is 12.7 Å². The van der Waals surface area contributed by atoms with E-state index in [2.05, 4.69) is 14.7 Å². The number of benzene rings is 1. The van der Waals surface area contributed by atoms with Gasteiger partial charge in [-0.2, -0.15) is 0 Å². The van der Waals surface area contributed by atoms with Crippen molar-refractivity contribution in [3.63, 3.8) is 0 Å². The van der Waals surface area contributed by atoms with E-state index in [1.807, 2.05) is 19.1 Å². The molecule has 0 radical (unpaired) electrons. The van der Waals surface area contributed by atoms with Crippen molar-refractivity contribution in [2.24, 2.45) is 0 Å². The number of aryl methyl sites for hydroxylation is 1. The number of methoxy groups -OCH3 is 1. The second-order valence-corrected chi connectivity index (χ2v) is 4.53. The molecule has 0 aliphatic heterocycles. The van der Waals surface area contributed by atoms with Crippen LogP contribution >= 0.6 is 11.6 Å². The van der Waals surface area contributed by atoms with Crippen molar-refractivity contribution in [3.05, 3.63) is 58.1 Å². The van der Waals surface area contributed by atoms with E-state index < -0.39 is 0 Å². The molecule has 1 aromatic heterocycles. The molecule has 2 aromatic rings. The van der Waals surface area contributed by atoms with Crippen molar-refractivity contribution in [2.75, 3.05) is 7.11 Å². The molecule has 1 aromatic carbocycles. The predicted octanol–water partition coefficient (Wildman–Crippen LogP) is 3.40. The number of ether oxygens (including phenoxy) is 1. The van der Waals surface area contributed by atoms with Gasteiger partial charge < -0.3 is 4.74 Å². The van der Waals surface area contributed by atoms with E-state index >= 15 is 0 Å². The average molecular weight is 289 g/mol. The fraction of sp³-hybridized carbons (Fsp3) is 0.133. The van der Waals surface area contributed by atoms with E-state index in [4.69, 9.17) is 11.6 Å². The molecule has 102 valence electrons. The summed E-state index contributed by atoms with van der Waals surface area (Å²) in [4.78, 5) is 19.8. The SMILES string of the molecule is COC(=O)c1cccc(/C=C/c2nc(C)cc(Cl)n2)c1. The van der Waals surface area contributed by atoms with Crippen LogP contribution in [0.25, 0.3) is 12.2 Å². The van der Waals surface area contributed by atoms with Crippen LogP contribution in [0, 0.1) is 6.92 Å². The first-order valence-corrected chi connectivity index (χ1v) is 6.34. The standard InChI is InChI=1S/C15H13ClN2O2/c1-10-8-13(16)18-14(17-10)7-6-11-4-3-5-12(9-11)15(19)20-2/h3-9H,1-2H3/b7-6+. The van der Waals surface area contributed by atoms with Crippen molar-refractivity contribution in [2.45, 2.75) is 6.92 Å². The third-order valence-corrected chi connectivity index (χ3v) is 2.77. The summed E-state index contributed by atoms with van der Waals surface area (Å²) in [5.41, 5.74) is 2.15. The highest BCUT2D eigenvalue weighted by Gasteiger charge is 2.04. The Morgan fingerprint density at radius 1 is 1.25 bits per heavy atom. The summed E-state index contributed by atoms with van der Waals surface area (Å²) in [6.45, 7) is 1.85. The molecular formula is C15H13ClN2O2. The molecule has 0 saturated heterocycles. The zero-order valence-electron chi connectivity index (χ0n) is 11.1. The highest BCUT2D eigenvalue weighted by Crippen LogP contribution is 2.12. The Hall–Kier alpha value is -2.20. The average Bonchev–Trinajstić information content (AvgIpc) is 2.43. The Bertz CT molecular complexity index is 648. The minimum Gasteiger partial charge on any atom is -0.465 e. The molecule has 0 spiro atoms. The lowest BCUT2D eigenvalue weighted by atomic mass is 10.1. The van der Waals surface area contributed by atoms with E-state index in [9.17, 15) is 4.79 Å². The minimum atomic E-state index is -0.366. The van der Waals surface area contributed by atoms with Gasteiger partial charge >= 0.3 is 5.97 Å². The Morgan fingerprint density at radius 2 is 2.05 bits per heavy atom. The first-order chi connectivity index (χ1) is 9.58. The number of carbonyl (C=O) groups is 1. The second-order valence-electron chi connectivity index (χ2n) is 4.14. The zero-order valence-corrected chi connectivity index (χ0v) is 11.9. The van der Waals surface area contributed by atoms with Crippen molar-refractivity contribution < 1.29 is 9.53 Å². The monoisotopic (exact) mass is 288 g/mol. The van der Waals surface area contributed by atoms with Crippen LogP contribution in [-0.2, 0) is 4.74 Å². The van der Waals surface area contributed by atoms with E-state index in [1.165, 1.54) is 7.11 Å². The largest absolute Gasteiger partial charge is 0.465 e. The van der Waals surface area contributed by atoms with Gasteiger partial charge in [-0.1, -0.05) is 29.8 Å². The molecule has 0 amide bonds. The maximum Gasteiger partial charge on any atom is 0.337 e. The summed E-state index contributed by atoms with van der Waals surface area (Å²) in [6.07, 6.45) is 3.56. The topological polar surface area (TPSA) is 52.1 Å². The summed E-state index contributed by atoms with van der Waals surface area (Å²) >= 11 is 5.87. The van der Waals surface area contributed by atoms with Crippen LogP contribution in [0.5, 0.6) is 0 Å². The molecule has 5 heteroatoms. The van der Waals surface area contributed by atoms with Gasteiger partial charge in [-0.15, -0.1) is 0 Å². The van der Waals surface area contributed by atoms with Crippen LogP contribution in [0.2, 0.25) is 5.15 Å². The van der Waals surface area contributed by atoms with Crippen LogP contribution in [0.4, 0.5) is 0 Å². The molecule has 2 rings (SSSR count). The van der Waals surface area contributed by atoms with Gasteiger partial charge in [0.15, 0.2) is 5.82 Å². The molecule has 0 bridgehead atoms. The van der Waals surface area contributed by atoms with Crippen molar-refractivity contribution in [1.29, 1.82) is 0 Å². The second kappa shape index (κ2) is 6.30. The van der Waals surface area contributed by atoms with Crippen LogP contribution < -0.4 is 0 Å². The molecule has 0 unspecified atom stereocenters. The zero-order chi connectivity index (χ0) is 14.5. The molecule has 0 aliphatic carbocycles. The number of halogens is 1. The van der Waals surface area contributed by atoms with Gasteiger partial charge in [-0.25, -0.2) is 14.8 Å². The van der Waals surface area contributed by atoms with Gasteiger partial charge in [0.2, 0.25) is 0 Å². The number of rotatable bonds is 3. The first kappa shape index (κ1) is 14.2. The van der Waals surface area contributed by atoms with Gasteiger partial charge in [-0.05, 0) is 36.8 Å². The van der Waals surface area contributed by atoms with Crippen LogP contribution in [0.15, 0.2) is 30.3 Å². The third kappa shape index (κ3) is 3.65. The van der Waals surface area contributed by atoms with Gasteiger partial charge in [-0.3, -0.25) is 0 Å². The third-order valence-electron chi connectivity index (χ3n) is 2.57. The summed E-state index contributed by atoms with van der Waals surface area (Å²) in [5, 5.41) is 0.403. The van der Waals surface area contributed by atoms with Gasteiger partial charge in [0, 0.05) is 5.69 Å². The lowest BCUT2D eigenvalue weighted by Crippen LogP contribution is -2.00. The smallest absolute Gasteiger partial charge is 0.337 e. The summed E-state index contributed by atoms with van der Waals surface area (Å²) in [6, 6.07) is 8.79. The van der Waals surface area contributed by atoms with Crippen molar-refractivity contribution >= 4 is 29.7 Å². The molecular weight excluding hydrogens is 276 g/mol. The molecule has 4 nitrogen and oxygen atoms in total. The molecule has 1 heterocycles. The number of hydrogen-bond donors (Lipinski definition) is 0. The number of esters is 1. The first-order valence-electron chi connectivity index (χ1n) is 5.96. The highest BCUT2D eigenvalue weighted by molar-refractivity contribution is 6.29. The van der Waals surface area contributed by atoms with Gasteiger partial charge in [0.25, 0.3) is 0 Å². The summed E-state index contributed by atoms with van der Waals surface area (Å²) in [7, 11) is 1.35. The quantitative estimate of drug-likeness (QED) is 0.642. The molecule has 0 N–H and O–H groups in total. The minimum absolute atomic E-state index is 0.366. The predicted molar refractivity (Wildman–Crippen MR) is 78.5 cm³/mol. The Labute approximate surface area is 122 Å². The van der Waals surface area contributed by atoms with E-state index in [0.29, 0.717) is 16.5 Å². The molecule has 0 fully saturated rings. The summed E-state index contributed by atoms with van der Waals surface area (Å²) < 4.78 is 4.68. The van der Waals surface area contributed by atoms with Crippen molar-refractivity contribution in [1.82, 2.24) is 9.97 Å². The van der Waals surface area contributed by atoms with Crippen LogP contribution in [-0.4, -0.2) is 23.0 Å². The maximum atomic E-state index is 11.4. The number of carbonyl (C=O) groups excluding carboxylic acids is 1.